The number of hydrogen-bond donors (Lipinski definition) is 4. The molecule has 0 saturated carbocycles. The summed E-state index contributed by atoms with van der Waals surface area (Å²) in [7, 11) is 2.86. The number of furan rings is 1. The number of benzene rings is 1. The number of methoxy groups -OCH3 is 2. The number of amides is 2. The first kappa shape index (κ1) is 28.9. The van der Waals surface area contributed by atoms with Crippen LogP contribution in [0.2, 0.25) is 0 Å². The molecule has 12 heteroatoms. The minimum atomic E-state index is -1.22. The summed E-state index contributed by atoms with van der Waals surface area (Å²) in [6, 6.07) is 4.20. The van der Waals surface area contributed by atoms with Gasteiger partial charge < -0.3 is 44.2 Å². The van der Waals surface area contributed by atoms with Crippen molar-refractivity contribution < 1.29 is 43.5 Å². The predicted molar refractivity (Wildman–Crippen MR) is 140 cm³/mol. The van der Waals surface area contributed by atoms with E-state index in [1.807, 2.05) is 22.6 Å². The van der Waals surface area contributed by atoms with Crippen LogP contribution in [0.3, 0.4) is 0 Å². The van der Waals surface area contributed by atoms with E-state index < -0.39 is 24.2 Å². The number of carbonyl (C=O) groups excluding carboxylic acids is 2. The normalized spacial score (nSPS) is 19.2. The molecule has 2 amide bonds. The Labute approximate surface area is 228 Å². The molecule has 3 rings (SSSR count). The molecule has 3 unspecified atom stereocenters. The second-order valence-corrected chi connectivity index (χ2v) is 9.53. The lowest BCUT2D eigenvalue weighted by Crippen LogP contribution is -2.55. The Kier molecular flexibility index (Phi) is 10.8. The standard InChI is InChI=1S/C25H31IN2O9/c1-34-14-22(31)28(11-15-3-6-36-13-15)19-9-17(25(33)27-4-5-29)10-20(23(19)32)37-24-18(26)7-16(12-30)8-21(24)35-2/h3,6-8,10,13,19-20,23,29-30,32H,4-5,9,11-12,14H2,1-2H3,(H,27,33). The van der Waals surface area contributed by atoms with E-state index in [1.165, 1.54) is 37.7 Å². The fourth-order valence-electron chi connectivity index (χ4n) is 4.07. The van der Waals surface area contributed by atoms with Crippen LogP contribution in [0.5, 0.6) is 11.5 Å². The highest BCUT2D eigenvalue weighted by Crippen LogP contribution is 2.37. The van der Waals surface area contributed by atoms with Gasteiger partial charge in [-0.25, -0.2) is 0 Å². The number of ether oxygens (including phenoxy) is 3. The molecular weight excluding hydrogens is 599 g/mol. The maximum atomic E-state index is 13.1. The van der Waals surface area contributed by atoms with Crippen LogP contribution >= 0.6 is 22.6 Å². The Morgan fingerprint density at radius 2 is 2.03 bits per heavy atom. The summed E-state index contributed by atoms with van der Waals surface area (Å²) in [6.45, 7) is -0.497. The van der Waals surface area contributed by atoms with Crippen molar-refractivity contribution in [2.45, 2.75) is 37.8 Å². The quantitative estimate of drug-likeness (QED) is 0.252. The maximum absolute atomic E-state index is 13.1. The molecule has 1 aliphatic rings. The summed E-state index contributed by atoms with van der Waals surface area (Å²) in [4.78, 5) is 27.4. The molecular formula is C25H31IN2O9. The van der Waals surface area contributed by atoms with Crippen LogP contribution < -0.4 is 14.8 Å². The van der Waals surface area contributed by atoms with Crippen molar-refractivity contribution in [1.29, 1.82) is 0 Å². The number of halogens is 1. The summed E-state index contributed by atoms with van der Waals surface area (Å²) in [5.74, 6) is -0.168. The molecule has 0 bridgehead atoms. The average molecular weight is 630 g/mol. The van der Waals surface area contributed by atoms with Crippen LogP contribution in [0.15, 0.2) is 46.8 Å². The molecule has 1 aliphatic carbocycles. The van der Waals surface area contributed by atoms with Gasteiger partial charge in [0.1, 0.15) is 18.8 Å². The second-order valence-electron chi connectivity index (χ2n) is 8.37. The molecule has 4 N–H and O–H groups in total. The van der Waals surface area contributed by atoms with Gasteiger partial charge in [0.2, 0.25) is 11.8 Å². The SMILES string of the molecule is COCC(=O)N(Cc1ccoc1)C1CC(C(=O)NCCO)=CC(Oc2c(I)cc(CO)cc2OC)C1O. The zero-order valence-electron chi connectivity index (χ0n) is 20.6. The Morgan fingerprint density at radius 1 is 1.24 bits per heavy atom. The lowest BCUT2D eigenvalue weighted by atomic mass is 9.88. The number of nitrogens with one attached hydrogen (secondary N) is 1. The third-order valence-electron chi connectivity index (χ3n) is 5.86. The van der Waals surface area contributed by atoms with Crippen LogP contribution in [0.25, 0.3) is 0 Å². The van der Waals surface area contributed by atoms with E-state index in [4.69, 9.17) is 23.7 Å². The van der Waals surface area contributed by atoms with Gasteiger partial charge in [0.25, 0.3) is 0 Å². The largest absolute Gasteiger partial charge is 0.493 e. The molecule has 11 nitrogen and oxygen atoms in total. The van der Waals surface area contributed by atoms with Gasteiger partial charge in [0.05, 0.1) is 42.5 Å². The van der Waals surface area contributed by atoms with Crippen molar-refractivity contribution >= 4 is 34.4 Å². The van der Waals surface area contributed by atoms with Crippen molar-refractivity contribution in [2.24, 2.45) is 0 Å². The number of aliphatic hydroxyl groups excluding tert-OH is 3. The lowest BCUT2D eigenvalue weighted by Gasteiger charge is -2.40. The first-order valence-electron chi connectivity index (χ1n) is 11.5. The van der Waals surface area contributed by atoms with Gasteiger partial charge in [-0.3, -0.25) is 9.59 Å². The number of rotatable bonds is 12. The zero-order chi connectivity index (χ0) is 26.9. The highest BCUT2D eigenvalue weighted by Gasteiger charge is 2.41. The van der Waals surface area contributed by atoms with Crippen molar-refractivity contribution in [3.8, 4) is 11.5 Å². The molecule has 0 spiro atoms. The third kappa shape index (κ3) is 7.23. The molecule has 0 aliphatic heterocycles. The number of aliphatic hydroxyl groups is 3. The molecule has 0 fully saturated rings. The topological polar surface area (TPSA) is 151 Å². The minimum Gasteiger partial charge on any atom is -0.493 e. The Bertz CT molecular complexity index is 1090. The Balaban J connectivity index is 2.01. The molecule has 0 saturated heterocycles. The van der Waals surface area contributed by atoms with Gasteiger partial charge in [-0.15, -0.1) is 0 Å². The van der Waals surface area contributed by atoms with Gasteiger partial charge in [0.15, 0.2) is 11.5 Å². The van der Waals surface area contributed by atoms with E-state index in [-0.39, 0.29) is 50.8 Å². The monoisotopic (exact) mass is 630 g/mol. The molecule has 1 heterocycles. The summed E-state index contributed by atoms with van der Waals surface area (Å²) < 4.78 is 22.5. The van der Waals surface area contributed by atoms with Crippen LogP contribution in [-0.4, -0.2) is 84.3 Å². The fourth-order valence-corrected chi connectivity index (χ4v) is 4.86. The van der Waals surface area contributed by atoms with Gasteiger partial charge in [-0.1, -0.05) is 0 Å². The van der Waals surface area contributed by atoms with Crippen molar-refractivity contribution in [3.63, 3.8) is 0 Å². The molecule has 37 heavy (non-hydrogen) atoms. The molecule has 202 valence electrons. The van der Waals surface area contributed by atoms with E-state index in [0.29, 0.717) is 26.2 Å². The van der Waals surface area contributed by atoms with Crippen LogP contribution in [0.1, 0.15) is 17.5 Å². The van der Waals surface area contributed by atoms with Crippen LogP contribution in [0, 0.1) is 3.57 Å². The minimum absolute atomic E-state index is 0.0449. The van der Waals surface area contributed by atoms with Gasteiger partial charge >= 0.3 is 0 Å². The molecule has 2 aromatic rings. The highest BCUT2D eigenvalue weighted by atomic mass is 127. The Hall–Kier alpha value is -2.65. The fraction of sp³-hybridized carbons (Fsp3) is 0.440. The number of carbonyl (C=O) groups is 2. The van der Waals surface area contributed by atoms with E-state index in [1.54, 1.807) is 18.2 Å². The van der Waals surface area contributed by atoms with Crippen molar-refractivity contribution in [1.82, 2.24) is 10.2 Å². The summed E-state index contributed by atoms with van der Waals surface area (Å²) in [5.41, 5.74) is 1.61. The van der Waals surface area contributed by atoms with E-state index >= 15 is 0 Å². The third-order valence-corrected chi connectivity index (χ3v) is 6.66. The van der Waals surface area contributed by atoms with Crippen molar-refractivity contribution in [2.75, 3.05) is 34.0 Å². The summed E-state index contributed by atoms with van der Waals surface area (Å²) in [6.07, 6.45) is 2.29. The molecule has 0 radical (unpaired) electrons. The van der Waals surface area contributed by atoms with Crippen molar-refractivity contribution in [3.05, 3.63) is 57.1 Å². The number of nitrogens with zero attached hydrogens (tertiary/aromatic N) is 1. The molecule has 3 atom stereocenters. The van der Waals surface area contributed by atoms with Gasteiger partial charge in [0, 0.05) is 37.8 Å². The molecule has 1 aromatic carbocycles. The zero-order valence-corrected chi connectivity index (χ0v) is 22.7. The lowest BCUT2D eigenvalue weighted by molar-refractivity contribution is -0.143. The van der Waals surface area contributed by atoms with Crippen LogP contribution in [0.4, 0.5) is 0 Å². The van der Waals surface area contributed by atoms with Gasteiger partial charge in [-0.2, -0.15) is 0 Å². The summed E-state index contributed by atoms with van der Waals surface area (Å²) >= 11 is 2.04. The Morgan fingerprint density at radius 3 is 2.65 bits per heavy atom. The predicted octanol–water partition coefficient (Wildman–Crippen LogP) is 0.976. The van der Waals surface area contributed by atoms with E-state index in [9.17, 15) is 19.8 Å². The average Bonchev–Trinajstić information content (AvgIpc) is 3.41. The van der Waals surface area contributed by atoms with E-state index in [2.05, 4.69) is 5.32 Å². The van der Waals surface area contributed by atoms with Gasteiger partial charge in [-0.05, 0) is 52.4 Å². The first-order chi connectivity index (χ1) is 17.8. The first-order valence-corrected chi connectivity index (χ1v) is 12.6. The second kappa shape index (κ2) is 13.8. The number of hydrogen-bond acceptors (Lipinski definition) is 9. The smallest absolute Gasteiger partial charge is 0.249 e. The van der Waals surface area contributed by atoms with E-state index in [0.717, 1.165) is 0 Å². The summed E-state index contributed by atoms with van der Waals surface area (Å²) in [5, 5.41) is 32.7. The maximum Gasteiger partial charge on any atom is 0.249 e. The molecule has 1 aromatic heterocycles. The van der Waals surface area contributed by atoms with Crippen LogP contribution in [-0.2, 0) is 27.5 Å². The highest BCUT2D eigenvalue weighted by molar-refractivity contribution is 14.1.